The number of aromatic nitrogens is 1. The minimum atomic E-state index is -0.439. The third kappa shape index (κ3) is 3.49. The summed E-state index contributed by atoms with van der Waals surface area (Å²) in [6.07, 6.45) is 3.38. The molecule has 1 fully saturated rings. The van der Waals surface area contributed by atoms with Crippen LogP contribution in [-0.2, 0) is 0 Å². The van der Waals surface area contributed by atoms with Gasteiger partial charge in [0.15, 0.2) is 0 Å². The molecule has 2 rings (SSSR count). The third-order valence-corrected chi connectivity index (χ3v) is 4.39. The molecule has 1 aromatic heterocycles. The van der Waals surface area contributed by atoms with Crippen molar-refractivity contribution in [3.63, 3.8) is 0 Å². The number of aliphatic hydroxyl groups is 1. The Morgan fingerprint density at radius 2 is 1.85 bits per heavy atom. The van der Waals surface area contributed by atoms with E-state index in [-0.39, 0.29) is 0 Å². The SMILES string of the molecule is CCC(C)N1CCN(c2ccc([C@@H](O)CC)nc2)CC1. The van der Waals surface area contributed by atoms with Gasteiger partial charge in [-0.1, -0.05) is 13.8 Å². The highest BCUT2D eigenvalue weighted by Crippen LogP contribution is 2.20. The van der Waals surface area contributed by atoms with E-state index in [1.165, 1.54) is 12.1 Å². The van der Waals surface area contributed by atoms with Crippen molar-refractivity contribution in [1.82, 2.24) is 9.88 Å². The van der Waals surface area contributed by atoms with E-state index >= 15 is 0 Å². The zero-order valence-corrected chi connectivity index (χ0v) is 12.9. The van der Waals surface area contributed by atoms with Crippen molar-refractivity contribution < 1.29 is 5.11 Å². The Balaban J connectivity index is 1.93. The van der Waals surface area contributed by atoms with Gasteiger partial charge in [-0.3, -0.25) is 9.88 Å². The minimum Gasteiger partial charge on any atom is -0.387 e. The van der Waals surface area contributed by atoms with Crippen molar-refractivity contribution >= 4 is 5.69 Å². The summed E-state index contributed by atoms with van der Waals surface area (Å²) < 4.78 is 0. The lowest BCUT2D eigenvalue weighted by molar-refractivity contribution is 0.169. The first kappa shape index (κ1) is 15.3. The summed E-state index contributed by atoms with van der Waals surface area (Å²) in [5.74, 6) is 0. The Hall–Kier alpha value is -1.13. The van der Waals surface area contributed by atoms with Crippen molar-refractivity contribution in [1.29, 1.82) is 0 Å². The monoisotopic (exact) mass is 277 g/mol. The van der Waals surface area contributed by atoms with Crippen molar-refractivity contribution in [2.45, 2.75) is 45.8 Å². The van der Waals surface area contributed by atoms with Crippen LogP contribution in [-0.4, -0.2) is 47.2 Å². The summed E-state index contributed by atoms with van der Waals surface area (Å²) in [6, 6.07) is 4.71. The zero-order chi connectivity index (χ0) is 14.5. The lowest BCUT2D eigenvalue weighted by Gasteiger charge is -2.38. The zero-order valence-electron chi connectivity index (χ0n) is 12.9. The summed E-state index contributed by atoms with van der Waals surface area (Å²) >= 11 is 0. The normalized spacial score (nSPS) is 19.9. The molecule has 4 heteroatoms. The van der Waals surface area contributed by atoms with E-state index in [1.54, 1.807) is 0 Å². The second kappa shape index (κ2) is 7.04. The summed E-state index contributed by atoms with van der Waals surface area (Å²) in [4.78, 5) is 9.33. The largest absolute Gasteiger partial charge is 0.387 e. The van der Waals surface area contributed by atoms with Crippen molar-refractivity contribution in [3.05, 3.63) is 24.0 Å². The quantitative estimate of drug-likeness (QED) is 0.897. The standard InChI is InChI=1S/C16H27N3O/c1-4-13(3)18-8-10-19(11-9-18)14-6-7-15(17-12-14)16(20)5-2/h6-7,12-13,16,20H,4-5,8-11H2,1-3H3/t13?,16-/m0/s1. The molecule has 0 bridgehead atoms. The van der Waals surface area contributed by atoms with E-state index in [1.807, 2.05) is 19.2 Å². The molecule has 20 heavy (non-hydrogen) atoms. The molecule has 2 atom stereocenters. The predicted molar refractivity (Wildman–Crippen MR) is 83.0 cm³/mol. The van der Waals surface area contributed by atoms with Crippen molar-refractivity contribution in [2.75, 3.05) is 31.1 Å². The first-order chi connectivity index (χ1) is 9.65. The van der Waals surface area contributed by atoms with Crippen LogP contribution in [0.4, 0.5) is 5.69 Å². The topological polar surface area (TPSA) is 39.6 Å². The molecule has 1 saturated heterocycles. The van der Waals surface area contributed by atoms with Crippen LogP contribution in [0.15, 0.2) is 18.3 Å². The average Bonchev–Trinajstić information content (AvgIpc) is 2.53. The summed E-state index contributed by atoms with van der Waals surface area (Å²) in [7, 11) is 0. The predicted octanol–water partition coefficient (Wildman–Crippen LogP) is 2.45. The Morgan fingerprint density at radius 1 is 1.15 bits per heavy atom. The van der Waals surface area contributed by atoms with Gasteiger partial charge in [0.25, 0.3) is 0 Å². The lowest BCUT2D eigenvalue weighted by Crippen LogP contribution is -2.49. The number of anilines is 1. The van der Waals surface area contributed by atoms with Crippen LogP contribution in [0.5, 0.6) is 0 Å². The van der Waals surface area contributed by atoms with Gasteiger partial charge in [-0.05, 0) is 31.9 Å². The van der Waals surface area contributed by atoms with Crippen LogP contribution in [0.1, 0.15) is 45.4 Å². The molecule has 1 aliphatic rings. The highest BCUT2D eigenvalue weighted by Gasteiger charge is 2.20. The van der Waals surface area contributed by atoms with Gasteiger partial charge in [0, 0.05) is 32.2 Å². The van der Waals surface area contributed by atoms with Crippen LogP contribution < -0.4 is 4.90 Å². The number of piperazine rings is 1. The molecule has 0 spiro atoms. The fourth-order valence-electron chi connectivity index (χ4n) is 2.67. The molecule has 0 radical (unpaired) electrons. The molecule has 1 unspecified atom stereocenters. The van der Waals surface area contributed by atoms with Crippen molar-refractivity contribution in [2.24, 2.45) is 0 Å². The van der Waals surface area contributed by atoms with E-state index < -0.39 is 6.10 Å². The Labute approximate surface area is 122 Å². The molecule has 0 aliphatic carbocycles. The highest BCUT2D eigenvalue weighted by atomic mass is 16.3. The molecule has 0 aromatic carbocycles. The third-order valence-electron chi connectivity index (χ3n) is 4.39. The van der Waals surface area contributed by atoms with Gasteiger partial charge in [0.1, 0.15) is 0 Å². The van der Waals surface area contributed by atoms with E-state index in [4.69, 9.17) is 0 Å². The second-order valence-electron chi connectivity index (χ2n) is 5.65. The number of pyridine rings is 1. The number of hydrogen-bond donors (Lipinski definition) is 1. The smallest absolute Gasteiger partial charge is 0.0957 e. The van der Waals surface area contributed by atoms with Gasteiger partial charge < -0.3 is 10.0 Å². The highest BCUT2D eigenvalue weighted by molar-refractivity contribution is 5.45. The van der Waals surface area contributed by atoms with E-state index in [0.29, 0.717) is 12.5 Å². The summed E-state index contributed by atoms with van der Waals surface area (Å²) in [6.45, 7) is 10.9. The van der Waals surface area contributed by atoms with Gasteiger partial charge >= 0.3 is 0 Å². The van der Waals surface area contributed by atoms with E-state index in [0.717, 1.165) is 31.9 Å². The lowest BCUT2D eigenvalue weighted by atomic mass is 10.1. The summed E-state index contributed by atoms with van der Waals surface area (Å²) in [5, 5.41) is 9.77. The molecular weight excluding hydrogens is 250 g/mol. The van der Waals surface area contributed by atoms with Gasteiger partial charge in [0.2, 0.25) is 0 Å². The average molecular weight is 277 g/mol. The first-order valence-corrected chi connectivity index (χ1v) is 7.78. The Morgan fingerprint density at radius 3 is 2.35 bits per heavy atom. The maximum absolute atomic E-state index is 9.77. The number of aliphatic hydroxyl groups excluding tert-OH is 1. The van der Waals surface area contributed by atoms with Gasteiger partial charge in [0.05, 0.1) is 23.7 Å². The van der Waals surface area contributed by atoms with Crippen LogP contribution >= 0.6 is 0 Å². The molecule has 0 saturated carbocycles. The number of nitrogens with zero attached hydrogens (tertiary/aromatic N) is 3. The van der Waals surface area contributed by atoms with Crippen LogP contribution in [0.2, 0.25) is 0 Å². The molecule has 1 aromatic rings. The maximum atomic E-state index is 9.77. The van der Waals surface area contributed by atoms with Crippen LogP contribution in [0.3, 0.4) is 0 Å². The van der Waals surface area contributed by atoms with Crippen LogP contribution in [0, 0.1) is 0 Å². The Bertz CT molecular complexity index is 399. The first-order valence-electron chi connectivity index (χ1n) is 7.78. The molecule has 4 nitrogen and oxygen atoms in total. The van der Waals surface area contributed by atoms with Gasteiger partial charge in [-0.15, -0.1) is 0 Å². The van der Waals surface area contributed by atoms with E-state index in [9.17, 15) is 5.11 Å². The molecular formula is C16H27N3O. The van der Waals surface area contributed by atoms with Crippen molar-refractivity contribution in [3.8, 4) is 0 Å². The van der Waals surface area contributed by atoms with Gasteiger partial charge in [-0.2, -0.15) is 0 Å². The minimum absolute atomic E-state index is 0.439. The summed E-state index contributed by atoms with van der Waals surface area (Å²) in [5.41, 5.74) is 1.94. The fourth-order valence-corrected chi connectivity index (χ4v) is 2.67. The molecule has 2 heterocycles. The molecule has 112 valence electrons. The second-order valence-corrected chi connectivity index (χ2v) is 5.65. The van der Waals surface area contributed by atoms with Gasteiger partial charge in [-0.25, -0.2) is 0 Å². The molecule has 1 N–H and O–H groups in total. The molecule has 0 amide bonds. The number of rotatable bonds is 5. The van der Waals surface area contributed by atoms with E-state index in [2.05, 4.69) is 34.7 Å². The van der Waals surface area contributed by atoms with Crippen LogP contribution in [0.25, 0.3) is 0 Å². The number of hydrogen-bond acceptors (Lipinski definition) is 4. The fraction of sp³-hybridized carbons (Fsp3) is 0.688. The maximum Gasteiger partial charge on any atom is 0.0957 e. The molecule has 1 aliphatic heterocycles. The Kier molecular flexibility index (Phi) is 5.38.